The van der Waals surface area contributed by atoms with Crippen LogP contribution in [0.1, 0.15) is 5.56 Å². The largest absolute Gasteiger partial charge is 0.398 e. The third kappa shape index (κ3) is 1.61. The summed E-state index contributed by atoms with van der Waals surface area (Å²) >= 11 is 0. The van der Waals surface area contributed by atoms with Crippen molar-refractivity contribution >= 4 is 28.9 Å². The maximum atomic E-state index is 5.79. The first-order valence-electron chi connectivity index (χ1n) is 4.03. The van der Waals surface area contributed by atoms with Crippen LogP contribution in [0, 0.1) is 6.92 Å². The smallest absolute Gasteiger partial charge is 0.0350 e. The topological polar surface area (TPSA) is 26.0 Å². The lowest BCUT2D eigenvalue weighted by Crippen LogP contribution is -1.89. The van der Waals surface area contributed by atoms with Crippen LogP contribution in [0.2, 0.25) is 0 Å². The molecule has 0 aliphatic carbocycles. The molecule has 2 N–H and O–H groups in total. The minimum absolute atomic E-state index is 0. The van der Waals surface area contributed by atoms with Gasteiger partial charge in [-0.3, -0.25) is 0 Å². The Balaban J connectivity index is 0.000000845. The minimum Gasteiger partial charge on any atom is -0.398 e. The molecule has 0 amide bonds. The van der Waals surface area contributed by atoms with E-state index in [-0.39, 0.29) is 12.4 Å². The molecular formula is C11H12ClN. The molecule has 0 saturated heterocycles. The molecule has 1 nitrogen and oxygen atoms in total. The highest BCUT2D eigenvalue weighted by molar-refractivity contribution is 5.89. The molecule has 0 heterocycles. The van der Waals surface area contributed by atoms with Crippen LogP contribution in [0.3, 0.4) is 0 Å². The van der Waals surface area contributed by atoms with Gasteiger partial charge in [0.15, 0.2) is 0 Å². The highest BCUT2D eigenvalue weighted by Gasteiger charge is 1.97. The molecule has 0 aliphatic heterocycles. The average Bonchev–Trinajstić information content (AvgIpc) is 2.12. The number of nitrogens with two attached hydrogens (primary N) is 1. The van der Waals surface area contributed by atoms with Crippen molar-refractivity contribution in [3.8, 4) is 0 Å². The number of rotatable bonds is 0. The van der Waals surface area contributed by atoms with Crippen molar-refractivity contribution in [2.75, 3.05) is 5.73 Å². The maximum Gasteiger partial charge on any atom is 0.0350 e. The van der Waals surface area contributed by atoms with Crippen molar-refractivity contribution in [2.24, 2.45) is 0 Å². The fourth-order valence-corrected chi connectivity index (χ4v) is 1.44. The van der Waals surface area contributed by atoms with Crippen LogP contribution in [0.15, 0.2) is 36.4 Å². The summed E-state index contributed by atoms with van der Waals surface area (Å²) in [6.07, 6.45) is 0. The van der Waals surface area contributed by atoms with E-state index < -0.39 is 0 Å². The van der Waals surface area contributed by atoms with Crippen molar-refractivity contribution in [3.05, 3.63) is 42.0 Å². The van der Waals surface area contributed by atoms with Gasteiger partial charge in [-0.1, -0.05) is 30.3 Å². The minimum atomic E-state index is 0. The number of hydrogen-bond donors (Lipinski definition) is 1. The van der Waals surface area contributed by atoms with Gasteiger partial charge in [-0.15, -0.1) is 12.4 Å². The summed E-state index contributed by atoms with van der Waals surface area (Å²) in [5, 5.41) is 2.50. The quantitative estimate of drug-likeness (QED) is 0.640. The van der Waals surface area contributed by atoms with Crippen LogP contribution in [0.4, 0.5) is 5.69 Å². The van der Waals surface area contributed by atoms with Crippen LogP contribution < -0.4 is 5.73 Å². The third-order valence-corrected chi connectivity index (χ3v) is 2.24. The lowest BCUT2D eigenvalue weighted by molar-refractivity contribution is 1.52. The SMILES string of the molecule is Cc1c(N)ccc2ccccc12.Cl. The van der Waals surface area contributed by atoms with Gasteiger partial charge in [-0.05, 0) is 29.3 Å². The first kappa shape index (κ1) is 9.87. The Morgan fingerprint density at radius 2 is 1.69 bits per heavy atom. The number of nitrogen functional groups attached to an aromatic ring is 1. The van der Waals surface area contributed by atoms with Gasteiger partial charge in [0.25, 0.3) is 0 Å². The van der Waals surface area contributed by atoms with Crippen LogP contribution in [0.25, 0.3) is 10.8 Å². The Morgan fingerprint density at radius 3 is 2.46 bits per heavy atom. The normalized spacial score (nSPS) is 9.62. The van der Waals surface area contributed by atoms with Crippen molar-refractivity contribution < 1.29 is 0 Å². The summed E-state index contributed by atoms with van der Waals surface area (Å²) in [7, 11) is 0. The monoisotopic (exact) mass is 193 g/mol. The molecule has 2 heteroatoms. The van der Waals surface area contributed by atoms with Crippen molar-refractivity contribution in [1.82, 2.24) is 0 Å². The Morgan fingerprint density at radius 1 is 1.00 bits per heavy atom. The summed E-state index contributed by atoms with van der Waals surface area (Å²) in [5.74, 6) is 0. The van der Waals surface area contributed by atoms with Gasteiger partial charge in [-0.25, -0.2) is 0 Å². The zero-order valence-corrected chi connectivity index (χ0v) is 8.27. The first-order chi connectivity index (χ1) is 5.79. The zero-order valence-electron chi connectivity index (χ0n) is 7.45. The van der Waals surface area contributed by atoms with E-state index in [9.17, 15) is 0 Å². The number of benzene rings is 2. The van der Waals surface area contributed by atoms with Crippen LogP contribution in [0.5, 0.6) is 0 Å². The Hall–Kier alpha value is -1.21. The second-order valence-corrected chi connectivity index (χ2v) is 3.00. The second-order valence-electron chi connectivity index (χ2n) is 3.00. The van der Waals surface area contributed by atoms with E-state index in [0.29, 0.717) is 0 Å². The van der Waals surface area contributed by atoms with Gasteiger partial charge in [0, 0.05) is 5.69 Å². The van der Waals surface area contributed by atoms with Gasteiger partial charge < -0.3 is 5.73 Å². The van der Waals surface area contributed by atoms with E-state index in [4.69, 9.17) is 5.73 Å². The van der Waals surface area contributed by atoms with Gasteiger partial charge in [-0.2, -0.15) is 0 Å². The number of fused-ring (bicyclic) bond motifs is 1. The van der Waals surface area contributed by atoms with Crippen molar-refractivity contribution in [2.45, 2.75) is 6.92 Å². The van der Waals surface area contributed by atoms with E-state index in [2.05, 4.69) is 25.1 Å². The third-order valence-electron chi connectivity index (χ3n) is 2.24. The second kappa shape index (κ2) is 3.67. The molecule has 13 heavy (non-hydrogen) atoms. The van der Waals surface area contributed by atoms with Gasteiger partial charge >= 0.3 is 0 Å². The summed E-state index contributed by atoms with van der Waals surface area (Å²) in [5.41, 5.74) is 7.83. The molecular weight excluding hydrogens is 182 g/mol. The van der Waals surface area contributed by atoms with E-state index in [1.165, 1.54) is 16.3 Å². The molecule has 2 rings (SSSR count). The summed E-state index contributed by atoms with van der Waals surface area (Å²) < 4.78 is 0. The fraction of sp³-hybridized carbons (Fsp3) is 0.0909. The first-order valence-corrected chi connectivity index (χ1v) is 4.03. The lowest BCUT2D eigenvalue weighted by atomic mass is 10.0. The molecule has 0 aromatic heterocycles. The molecule has 0 radical (unpaired) electrons. The number of anilines is 1. The highest BCUT2D eigenvalue weighted by Crippen LogP contribution is 2.22. The molecule has 0 fully saturated rings. The summed E-state index contributed by atoms with van der Waals surface area (Å²) in [6.45, 7) is 2.05. The van der Waals surface area contributed by atoms with E-state index in [1.54, 1.807) is 0 Å². The summed E-state index contributed by atoms with van der Waals surface area (Å²) in [4.78, 5) is 0. The number of halogens is 1. The molecule has 2 aromatic carbocycles. The van der Waals surface area contributed by atoms with Crippen LogP contribution in [-0.2, 0) is 0 Å². The van der Waals surface area contributed by atoms with Crippen molar-refractivity contribution in [1.29, 1.82) is 0 Å². The van der Waals surface area contributed by atoms with Gasteiger partial charge in [0.1, 0.15) is 0 Å². The number of hydrogen-bond acceptors (Lipinski definition) is 1. The predicted molar refractivity (Wildman–Crippen MR) is 60.3 cm³/mol. The molecule has 0 atom stereocenters. The number of aryl methyl sites for hydroxylation is 1. The van der Waals surface area contributed by atoms with Gasteiger partial charge in [0.2, 0.25) is 0 Å². The predicted octanol–water partition coefficient (Wildman–Crippen LogP) is 3.15. The lowest BCUT2D eigenvalue weighted by Gasteiger charge is -2.03. The Bertz CT molecular complexity index is 423. The Kier molecular flexibility index (Phi) is 2.79. The van der Waals surface area contributed by atoms with Crippen LogP contribution >= 0.6 is 12.4 Å². The molecule has 0 saturated carbocycles. The molecule has 0 spiro atoms. The van der Waals surface area contributed by atoms with E-state index >= 15 is 0 Å². The molecule has 68 valence electrons. The molecule has 0 unspecified atom stereocenters. The van der Waals surface area contributed by atoms with E-state index in [0.717, 1.165) is 5.69 Å². The van der Waals surface area contributed by atoms with Crippen LogP contribution in [-0.4, -0.2) is 0 Å². The molecule has 0 bridgehead atoms. The zero-order chi connectivity index (χ0) is 8.55. The molecule has 0 aliphatic rings. The summed E-state index contributed by atoms with van der Waals surface area (Å²) in [6, 6.07) is 12.3. The maximum absolute atomic E-state index is 5.79. The molecule has 2 aromatic rings. The standard InChI is InChI=1S/C11H11N.ClH/c1-8-10-5-3-2-4-9(10)6-7-11(8)12;/h2-7H,12H2,1H3;1H. The highest BCUT2D eigenvalue weighted by atomic mass is 35.5. The average molecular weight is 194 g/mol. The fourth-order valence-electron chi connectivity index (χ4n) is 1.44. The van der Waals surface area contributed by atoms with Gasteiger partial charge in [0.05, 0.1) is 0 Å². The Labute approximate surface area is 84.0 Å². The van der Waals surface area contributed by atoms with E-state index in [1.807, 2.05) is 18.2 Å². The van der Waals surface area contributed by atoms with Crippen molar-refractivity contribution in [3.63, 3.8) is 0 Å².